The molecule has 0 aromatic rings. The monoisotopic (exact) mass is 258 g/mol. The fourth-order valence-corrected chi connectivity index (χ4v) is 1.98. The number of nitrogens with one attached hydrogen (secondary N) is 1. The Labute approximate surface area is 109 Å². The number of aliphatic hydroxyl groups excluding tert-OH is 1. The van der Waals surface area contributed by atoms with E-state index in [1.807, 2.05) is 13.8 Å². The van der Waals surface area contributed by atoms with E-state index in [0.29, 0.717) is 13.2 Å². The van der Waals surface area contributed by atoms with Crippen molar-refractivity contribution in [3.8, 4) is 0 Å². The third-order valence-corrected chi connectivity index (χ3v) is 3.68. The Morgan fingerprint density at radius 1 is 1.50 bits per heavy atom. The van der Waals surface area contributed by atoms with Crippen LogP contribution in [0.1, 0.15) is 27.2 Å². The van der Waals surface area contributed by atoms with Crippen LogP contribution in [0.4, 0.5) is 0 Å². The second-order valence-corrected chi connectivity index (χ2v) is 5.57. The number of carbonyl (C=O) groups is 1. The fourth-order valence-electron chi connectivity index (χ4n) is 1.98. The first-order valence-corrected chi connectivity index (χ1v) is 6.63. The largest absolute Gasteiger partial charge is 0.394 e. The molecule has 0 saturated carbocycles. The number of nitrogens with zero attached hydrogens (tertiary/aromatic N) is 1. The summed E-state index contributed by atoms with van der Waals surface area (Å²) in [5.41, 5.74) is -0.533. The molecular weight excluding hydrogens is 232 g/mol. The molecule has 1 amide bonds. The summed E-state index contributed by atoms with van der Waals surface area (Å²) in [5.74, 6) is -0.104. The highest BCUT2D eigenvalue weighted by molar-refractivity contribution is 5.80. The molecule has 5 heteroatoms. The maximum atomic E-state index is 12.4. The molecule has 0 spiro atoms. The Balaban J connectivity index is 2.64. The van der Waals surface area contributed by atoms with Crippen molar-refractivity contribution in [1.29, 1.82) is 0 Å². The number of rotatable bonds is 6. The van der Waals surface area contributed by atoms with Gasteiger partial charge in [0, 0.05) is 13.1 Å². The topological polar surface area (TPSA) is 61.8 Å². The Kier molecular flexibility index (Phi) is 5.56. The lowest BCUT2D eigenvalue weighted by Crippen LogP contribution is -2.53. The van der Waals surface area contributed by atoms with E-state index in [1.54, 1.807) is 11.9 Å². The van der Waals surface area contributed by atoms with E-state index in [4.69, 9.17) is 4.74 Å². The SMILES string of the molecule is CCCNC1COCC1C(=O)N(C)C(C)(C)CO. The molecule has 2 atom stereocenters. The number of carbonyl (C=O) groups excluding carboxylic acids is 1. The van der Waals surface area contributed by atoms with Gasteiger partial charge < -0.3 is 20.1 Å². The standard InChI is InChI=1S/C13H26N2O3/c1-5-6-14-11-8-18-7-10(11)12(17)15(4)13(2,3)9-16/h10-11,14,16H,5-9H2,1-4H3. The van der Waals surface area contributed by atoms with Crippen LogP contribution in [0.25, 0.3) is 0 Å². The Bertz CT molecular complexity index is 281. The van der Waals surface area contributed by atoms with Gasteiger partial charge in [0.2, 0.25) is 5.91 Å². The molecule has 1 saturated heterocycles. The number of aliphatic hydroxyl groups is 1. The second-order valence-electron chi connectivity index (χ2n) is 5.57. The van der Waals surface area contributed by atoms with Crippen LogP contribution >= 0.6 is 0 Å². The van der Waals surface area contributed by atoms with Gasteiger partial charge in [-0.05, 0) is 26.8 Å². The van der Waals surface area contributed by atoms with Crippen LogP contribution in [0.5, 0.6) is 0 Å². The molecule has 2 N–H and O–H groups in total. The zero-order valence-electron chi connectivity index (χ0n) is 11.9. The van der Waals surface area contributed by atoms with Crippen molar-refractivity contribution in [3.63, 3.8) is 0 Å². The zero-order valence-corrected chi connectivity index (χ0v) is 11.9. The first-order valence-electron chi connectivity index (χ1n) is 6.63. The van der Waals surface area contributed by atoms with Crippen LogP contribution in [0, 0.1) is 5.92 Å². The minimum atomic E-state index is -0.533. The van der Waals surface area contributed by atoms with Crippen LogP contribution in [-0.2, 0) is 9.53 Å². The van der Waals surface area contributed by atoms with E-state index in [0.717, 1.165) is 13.0 Å². The Hall–Kier alpha value is -0.650. The predicted octanol–water partition coefficient (Wildman–Crippen LogP) is 0.230. The molecule has 2 unspecified atom stereocenters. The smallest absolute Gasteiger partial charge is 0.229 e. The number of ether oxygens (including phenoxy) is 1. The number of likely N-dealkylation sites (N-methyl/N-ethyl adjacent to an activating group) is 1. The van der Waals surface area contributed by atoms with Crippen molar-refractivity contribution in [2.75, 3.05) is 33.4 Å². The normalized spacial score (nSPS) is 24.3. The van der Waals surface area contributed by atoms with Crippen molar-refractivity contribution in [2.45, 2.75) is 38.8 Å². The van der Waals surface area contributed by atoms with Gasteiger partial charge in [0.05, 0.1) is 31.3 Å². The maximum absolute atomic E-state index is 12.4. The van der Waals surface area contributed by atoms with E-state index < -0.39 is 5.54 Å². The molecular formula is C13H26N2O3. The quantitative estimate of drug-likeness (QED) is 0.716. The summed E-state index contributed by atoms with van der Waals surface area (Å²) < 4.78 is 5.41. The summed E-state index contributed by atoms with van der Waals surface area (Å²) in [6.07, 6.45) is 1.04. The highest BCUT2D eigenvalue weighted by atomic mass is 16.5. The van der Waals surface area contributed by atoms with Crippen LogP contribution in [0.3, 0.4) is 0 Å². The van der Waals surface area contributed by atoms with Gasteiger partial charge in [0.1, 0.15) is 0 Å². The zero-order chi connectivity index (χ0) is 13.8. The molecule has 1 fully saturated rings. The molecule has 0 aromatic heterocycles. The van der Waals surface area contributed by atoms with Gasteiger partial charge in [-0.1, -0.05) is 6.92 Å². The van der Waals surface area contributed by atoms with Gasteiger partial charge in [-0.3, -0.25) is 4.79 Å². The molecule has 1 aliphatic heterocycles. The van der Waals surface area contributed by atoms with Crippen molar-refractivity contribution >= 4 is 5.91 Å². The molecule has 18 heavy (non-hydrogen) atoms. The first-order chi connectivity index (χ1) is 8.44. The summed E-state index contributed by atoms with van der Waals surface area (Å²) in [6, 6.07) is 0.0920. The van der Waals surface area contributed by atoms with Crippen LogP contribution in [0.2, 0.25) is 0 Å². The fraction of sp³-hybridized carbons (Fsp3) is 0.923. The van der Waals surface area contributed by atoms with Crippen LogP contribution < -0.4 is 5.32 Å². The molecule has 106 valence electrons. The summed E-state index contributed by atoms with van der Waals surface area (Å²) >= 11 is 0. The molecule has 1 rings (SSSR count). The van der Waals surface area contributed by atoms with E-state index in [2.05, 4.69) is 12.2 Å². The third kappa shape index (κ3) is 3.43. The van der Waals surface area contributed by atoms with Gasteiger partial charge in [-0.15, -0.1) is 0 Å². The number of amides is 1. The lowest BCUT2D eigenvalue weighted by molar-refractivity contribution is -0.140. The molecule has 0 aliphatic carbocycles. The highest BCUT2D eigenvalue weighted by Crippen LogP contribution is 2.21. The van der Waals surface area contributed by atoms with Gasteiger partial charge in [0.25, 0.3) is 0 Å². The number of hydrogen-bond acceptors (Lipinski definition) is 4. The summed E-state index contributed by atoms with van der Waals surface area (Å²) in [4.78, 5) is 14.1. The maximum Gasteiger partial charge on any atom is 0.229 e. The van der Waals surface area contributed by atoms with E-state index in [9.17, 15) is 9.90 Å². The predicted molar refractivity (Wildman–Crippen MR) is 70.3 cm³/mol. The van der Waals surface area contributed by atoms with Crippen molar-refractivity contribution in [1.82, 2.24) is 10.2 Å². The highest BCUT2D eigenvalue weighted by Gasteiger charge is 2.38. The van der Waals surface area contributed by atoms with Crippen LogP contribution in [0.15, 0.2) is 0 Å². The molecule has 0 bridgehead atoms. The molecule has 1 heterocycles. The van der Waals surface area contributed by atoms with Gasteiger partial charge in [-0.25, -0.2) is 0 Å². The van der Waals surface area contributed by atoms with Gasteiger partial charge >= 0.3 is 0 Å². The second kappa shape index (κ2) is 6.50. The average Bonchev–Trinajstić information content (AvgIpc) is 2.82. The first kappa shape index (κ1) is 15.4. The van der Waals surface area contributed by atoms with Crippen molar-refractivity contribution in [3.05, 3.63) is 0 Å². The van der Waals surface area contributed by atoms with Crippen LogP contribution in [-0.4, -0.2) is 60.9 Å². The van der Waals surface area contributed by atoms with Crippen molar-refractivity contribution < 1.29 is 14.6 Å². The summed E-state index contributed by atoms with van der Waals surface area (Å²) in [5, 5.41) is 12.7. The third-order valence-electron chi connectivity index (χ3n) is 3.68. The van der Waals surface area contributed by atoms with Gasteiger partial charge in [0.15, 0.2) is 0 Å². The van der Waals surface area contributed by atoms with Crippen molar-refractivity contribution in [2.24, 2.45) is 5.92 Å². The molecule has 5 nitrogen and oxygen atoms in total. The Morgan fingerprint density at radius 2 is 2.17 bits per heavy atom. The Morgan fingerprint density at radius 3 is 2.72 bits per heavy atom. The lowest BCUT2D eigenvalue weighted by atomic mass is 9.97. The molecule has 0 aromatic carbocycles. The van der Waals surface area contributed by atoms with Gasteiger partial charge in [-0.2, -0.15) is 0 Å². The average molecular weight is 258 g/mol. The van der Waals surface area contributed by atoms with E-state index in [-0.39, 0.29) is 24.5 Å². The summed E-state index contributed by atoms with van der Waals surface area (Å²) in [7, 11) is 1.74. The number of hydrogen-bond donors (Lipinski definition) is 2. The summed E-state index contributed by atoms with van der Waals surface area (Å²) in [6.45, 7) is 7.71. The minimum absolute atomic E-state index is 0.0418. The minimum Gasteiger partial charge on any atom is -0.394 e. The molecule has 0 radical (unpaired) electrons. The molecule has 1 aliphatic rings. The van der Waals surface area contributed by atoms with E-state index >= 15 is 0 Å². The van der Waals surface area contributed by atoms with E-state index in [1.165, 1.54) is 0 Å². The lowest BCUT2D eigenvalue weighted by Gasteiger charge is -2.36.